The summed E-state index contributed by atoms with van der Waals surface area (Å²) in [4.78, 5) is 27.1. The number of hydrogen-bond acceptors (Lipinski definition) is 3. The molecule has 1 aliphatic carbocycles. The molecule has 2 aliphatic rings. The van der Waals surface area contributed by atoms with Gasteiger partial charge in [-0.1, -0.05) is 43.5 Å². The Morgan fingerprint density at radius 3 is 2.57 bits per heavy atom. The van der Waals surface area contributed by atoms with E-state index >= 15 is 0 Å². The first-order valence-electron chi connectivity index (χ1n) is 10.6. The number of carbonyl (C=O) groups excluding carboxylic acids is 1. The number of nitrogens with zero attached hydrogens (tertiary/aromatic N) is 2. The van der Waals surface area contributed by atoms with Crippen LogP contribution in [0.1, 0.15) is 60.1 Å². The highest BCUT2D eigenvalue weighted by atomic mass is 19.1. The number of nitrogens with one attached hydrogen (secondary N) is 1. The normalized spacial score (nSPS) is 17.8. The molecule has 1 amide bonds. The molecule has 30 heavy (non-hydrogen) atoms. The summed E-state index contributed by atoms with van der Waals surface area (Å²) in [6, 6.07) is 12.0. The number of fused-ring (bicyclic) bond motifs is 1. The van der Waals surface area contributed by atoms with Crippen LogP contribution in [0.25, 0.3) is 10.8 Å². The summed E-state index contributed by atoms with van der Waals surface area (Å²) in [5.74, 6) is -0.692. The molecule has 5 nitrogen and oxygen atoms in total. The maximum atomic E-state index is 14.6. The fraction of sp³-hybridized carbons (Fsp3) is 0.375. The van der Waals surface area contributed by atoms with Gasteiger partial charge in [-0.05, 0) is 43.0 Å². The van der Waals surface area contributed by atoms with Crippen molar-refractivity contribution in [2.45, 2.75) is 50.5 Å². The van der Waals surface area contributed by atoms with Gasteiger partial charge in [0.1, 0.15) is 5.82 Å². The Morgan fingerprint density at radius 2 is 1.83 bits per heavy atom. The van der Waals surface area contributed by atoms with E-state index in [4.69, 9.17) is 0 Å². The van der Waals surface area contributed by atoms with Gasteiger partial charge < -0.3 is 4.90 Å². The molecule has 0 atom stereocenters. The zero-order valence-corrected chi connectivity index (χ0v) is 16.8. The number of H-pyrrole nitrogens is 1. The number of halogens is 1. The second kappa shape index (κ2) is 7.35. The van der Waals surface area contributed by atoms with E-state index in [2.05, 4.69) is 10.2 Å². The van der Waals surface area contributed by atoms with Gasteiger partial charge in [-0.2, -0.15) is 5.10 Å². The Morgan fingerprint density at radius 1 is 1.07 bits per heavy atom. The summed E-state index contributed by atoms with van der Waals surface area (Å²) < 4.78 is 14.6. The molecule has 1 aliphatic heterocycles. The van der Waals surface area contributed by atoms with Crippen LogP contribution >= 0.6 is 0 Å². The van der Waals surface area contributed by atoms with Gasteiger partial charge in [-0.25, -0.2) is 9.49 Å². The number of hydrogen-bond donors (Lipinski definition) is 1. The fourth-order valence-corrected chi connectivity index (χ4v) is 5.08. The van der Waals surface area contributed by atoms with Gasteiger partial charge in [0, 0.05) is 23.9 Å². The summed E-state index contributed by atoms with van der Waals surface area (Å²) in [5.41, 5.74) is 1.32. The van der Waals surface area contributed by atoms with Crippen molar-refractivity contribution < 1.29 is 9.18 Å². The summed E-state index contributed by atoms with van der Waals surface area (Å²) in [7, 11) is 0. The number of carbonyl (C=O) groups is 1. The largest absolute Gasteiger partial charge is 0.333 e. The maximum absolute atomic E-state index is 14.6. The van der Waals surface area contributed by atoms with Crippen molar-refractivity contribution in [1.82, 2.24) is 15.1 Å². The van der Waals surface area contributed by atoms with Crippen molar-refractivity contribution in [3.63, 3.8) is 0 Å². The average molecular weight is 405 g/mol. The molecule has 1 N–H and O–H groups in total. The second-order valence-corrected chi connectivity index (χ2v) is 8.53. The third-order valence-electron chi connectivity index (χ3n) is 6.81. The number of rotatable bonds is 3. The fourth-order valence-electron chi connectivity index (χ4n) is 5.08. The summed E-state index contributed by atoms with van der Waals surface area (Å²) in [6.45, 7) is 0.703. The van der Waals surface area contributed by atoms with E-state index < -0.39 is 5.82 Å². The molecule has 2 heterocycles. The molecular formula is C24H24FN3O2. The van der Waals surface area contributed by atoms with Crippen molar-refractivity contribution in [2.24, 2.45) is 0 Å². The Labute approximate surface area is 173 Å². The molecule has 5 rings (SSSR count). The molecular weight excluding hydrogens is 381 g/mol. The Kier molecular flexibility index (Phi) is 4.65. The van der Waals surface area contributed by atoms with Crippen LogP contribution in [-0.2, 0) is 6.42 Å². The SMILES string of the molecule is O=C(c1cc(Cc2n[nH]c(=O)c3ccccc23)ccc1F)N1CCC12CCCCC2. The highest BCUT2D eigenvalue weighted by molar-refractivity contribution is 5.96. The highest BCUT2D eigenvalue weighted by Crippen LogP contribution is 2.44. The predicted octanol–water partition coefficient (Wildman–Crippen LogP) is 4.20. The van der Waals surface area contributed by atoms with Crippen LogP contribution in [0.4, 0.5) is 4.39 Å². The average Bonchev–Trinajstić information content (AvgIpc) is 2.77. The van der Waals surface area contributed by atoms with Crippen molar-refractivity contribution >= 4 is 16.7 Å². The third-order valence-corrected chi connectivity index (χ3v) is 6.81. The van der Waals surface area contributed by atoms with E-state index in [1.54, 1.807) is 18.2 Å². The van der Waals surface area contributed by atoms with Crippen LogP contribution in [0.2, 0.25) is 0 Å². The summed E-state index contributed by atoms with van der Waals surface area (Å²) in [6.07, 6.45) is 6.96. The Bertz CT molecular complexity index is 1180. The van der Waals surface area contributed by atoms with Crippen LogP contribution in [0.3, 0.4) is 0 Å². The summed E-state index contributed by atoms with van der Waals surface area (Å²) >= 11 is 0. The first kappa shape index (κ1) is 19.0. The topological polar surface area (TPSA) is 66.1 Å². The zero-order valence-electron chi connectivity index (χ0n) is 16.8. The number of benzene rings is 2. The number of aromatic amines is 1. The third kappa shape index (κ3) is 3.11. The van der Waals surface area contributed by atoms with Gasteiger partial charge in [0.2, 0.25) is 0 Å². The molecule has 1 spiro atoms. The molecule has 3 aromatic rings. The van der Waals surface area contributed by atoms with Gasteiger partial charge in [0.15, 0.2) is 0 Å². The molecule has 6 heteroatoms. The van der Waals surface area contributed by atoms with Crippen molar-refractivity contribution in [2.75, 3.05) is 6.54 Å². The lowest BCUT2D eigenvalue weighted by molar-refractivity contribution is -0.0236. The highest BCUT2D eigenvalue weighted by Gasteiger charge is 2.47. The second-order valence-electron chi connectivity index (χ2n) is 8.53. The monoisotopic (exact) mass is 405 g/mol. The van der Waals surface area contributed by atoms with Gasteiger partial charge >= 0.3 is 0 Å². The molecule has 2 aromatic carbocycles. The number of amides is 1. The van der Waals surface area contributed by atoms with Crippen LogP contribution in [0, 0.1) is 5.82 Å². The van der Waals surface area contributed by atoms with E-state index in [9.17, 15) is 14.0 Å². The molecule has 1 saturated carbocycles. The van der Waals surface area contributed by atoms with Crippen LogP contribution in [-0.4, -0.2) is 33.1 Å². The van der Waals surface area contributed by atoms with Gasteiger partial charge in [-0.3, -0.25) is 9.59 Å². The van der Waals surface area contributed by atoms with Crippen molar-refractivity contribution in [1.29, 1.82) is 0 Å². The van der Waals surface area contributed by atoms with E-state index in [1.165, 1.54) is 12.5 Å². The lowest BCUT2D eigenvalue weighted by Gasteiger charge is -2.55. The lowest BCUT2D eigenvalue weighted by atomic mass is 9.72. The van der Waals surface area contributed by atoms with Crippen LogP contribution < -0.4 is 5.56 Å². The minimum atomic E-state index is -0.485. The number of aromatic nitrogens is 2. The smallest absolute Gasteiger partial charge is 0.272 e. The molecule has 0 unspecified atom stereocenters. The molecule has 154 valence electrons. The zero-order chi connectivity index (χ0) is 20.7. The van der Waals surface area contributed by atoms with E-state index in [1.807, 2.05) is 23.1 Å². The molecule has 1 aromatic heterocycles. The van der Waals surface area contributed by atoms with Crippen LogP contribution in [0.5, 0.6) is 0 Å². The maximum Gasteiger partial charge on any atom is 0.272 e. The van der Waals surface area contributed by atoms with E-state index in [0.29, 0.717) is 24.0 Å². The number of likely N-dealkylation sites (tertiary alicyclic amines) is 1. The van der Waals surface area contributed by atoms with Crippen molar-refractivity contribution in [3.05, 3.63) is 75.5 Å². The summed E-state index contributed by atoms with van der Waals surface area (Å²) in [5, 5.41) is 8.07. The lowest BCUT2D eigenvalue weighted by Crippen LogP contribution is -2.62. The first-order valence-corrected chi connectivity index (χ1v) is 10.6. The minimum absolute atomic E-state index is 0.0611. The molecule has 1 saturated heterocycles. The van der Waals surface area contributed by atoms with Gasteiger partial charge in [0.05, 0.1) is 16.6 Å². The van der Waals surface area contributed by atoms with Crippen molar-refractivity contribution in [3.8, 4) is 0 Å². The minimum Gasteiger partial charge on any atom is -0.333 e. The predicted molar refractivity (Wildman–Crippen MR) is 113 cm³/mol. The van der Waals surface area contributed by atoms with Gasteiger partial charge in [-0.15, -0.1) is 0 Å². The first-order chi connectivity index (χ1) is 14.6. The Hall–Kier alpha value is -3.02. The van der Waals surface area contributed by atoms with Crippen LogP contribution in [0.15, 0.2) is 47.3 Å². The standard InChI is InChI=1S/C24H24FN3O2/c25-20-9-8-16(15-21-17-6-2-3-7-18(17)22(29)27-26-21)14-19(20)23(30)28-13-12-24(28)10-4-1-5-11-24/h2-3,6-9,14H,1,4-5,10-13,15H2,(H,27,29). The molecule has 0 bridgehead atoms. The van der Waals surface area contributed by atoms with Gasteiger partial charge in [0.25, 0.3) is 11.5 Å². The molecule has 0 radical (unpaired) electrons. The molecule has 2 fully saturated rings. The van der Waals surface area contributed by atoms with E-state index in [-0.39, 0.29) is 22.6 Å². The quantitative estimate of drug-likeness (QED) is 0.710. The Balaban J connectivity index is 1.45. The van der Waals surface area contributed by atoms with E-state index in [0.717, 1.165) is 43.1 Å².